The molecular weight excluding hydrogens is 552 g/mol. The van der Waals surface area contributed by atoms with E-state index < -0.39 is 22.5 Å². The monoisotopic (exact) mass is 581 g/mol. The van der Waals surface area contributed by atoms with Crippen LogP contribution in [0.1, 0.15) is 48.9 Å². The Hall–Kier alpha value is -3.18. The van der Waals surface area contributed by atoms with E-state index in [0.29, 0.717) is 21.9 Å². The fraction of sp³-hybridized carbons (Fsp3) is 0.407. The van der Waals surface area contributed by atoms with Crippen LogP contribution in [0.4, 0.5) is 13.6 Å². The first-order valence-corrected chi connectivity index (χ1v) is 14.7. The minimum Gasteiger partial charge on any atom is -0.494 e. The maximum absolute atomic E-state index is 12.7. The number of aromatic nitrogens is 2. The Morgan fingerprint density at radius 3 is 2.79 bits per heavy atom. The third-order valence-corrected chi connectivity index (χ3v) is 8.60. The standard InChI is InChI=1S/C27H30ClF2N3O5S/c1-2-37-27(34)32-25-10-8-19-7-9-21(15-23(19)24(25)14-18-5-3-6-20(28)13-18)38-11-4-12-39(35,36)22-16-31-33(17-22)26(29)30/h3,5-7,9,13,15-17,24-26H,2,4,8,10-12,14H2,1H3,(H,32,34). The van der Waals surface area contributed by atoms with Gasteiger partial charge in [-0.05, 0) is 73.6 Å². The SMILES string of the molecule is CCOC(=O)NC1CCc2ccc(OCCCS(=O)(=O)c3cnn(C(F)F)c3)cc2C1Cc1cccc(Cl)c1. The molecule has 0 radical (unpaired) electrons. The lowest BCUT2D eigenvalue weighted by Crippen LogP contribution is -2.43. The summed E-state index contributed by atoms with van der Waals surface area (Å²) in [6, 6.07) is 13.2. The molecule has 2 atom stereocenters. The molecule has 0 bridgehead atoms. The smallest absolute Gasteiger partial charge is 0.407 e. The molecule has 2 unspecified atom stereocenters. The summed E-state index contributed by atoms with van der Waals surface area (Å²) in [6.07, 6.45) is 3.60. The van der Waals surface area contributed by atoms with Gasteiger partial charge in [0, 0.05) is 23.2 Å². The lowest BCUT2D eigenvalue weighted by molar-refractivity contribution is 0.0563. The van der Waals surface area contributed by atoms with Crippen LogP contribution in [0.15, 0.2) is 59.8 Å². The van der Waals surface area contributed by atoms with Gasteiger partial charge in [0.1, 0.15) is 10.6 Å². The highest BCUT2D eigenvalue weighted by atomic mass is 35.5. The summed E-state index contributed by atoms with van der Waals surface area (Å²) in [5, 5.41) is 7.02. The van der Waals surface area contributed by atoms with Crippen molar-refractivity contribution in [3.05, 3.63) is 76.6 Å². The summed E-state index contributed by atoms with van der Waals surface area (Å²) in [6.45, 7) is -0.762. The number of hydrogen-bond donors (Lipinski definition) is 1. The van der Waals surface area contributed by atoms with Gasteiger partial charge in [0.2, 0.25) is 0 Å². The fourth-order valence-electron chi connectivity index (χ4n) is 4.78. The van der Waals surface area contributed by atoms with Gasteiger partial charge >= 0.3 is 12.6 Å². The van der Waals surface area contributed by atoms with Crippen LogP contribution < -0.4 is 10.1 Å². The Morgan fingerprint density at radius 2 is 2.08 bits per heavy atom. The number of alkyl carbamates (subject to hydrolysis) is 1. The number of hydrogen-bond acceptors (Lipinski definition) is 6. The van der Waals surface area contributed by atoms with Crippen LogP contribution in [-0.2, 0) is 27.4 Å². The molecule has 1 amide bonds. The number of fused-ring (bicyclic) bond motifs is 1. The zero-order chi connectivity index (χ0) is 28.0. The Labute approximate surface area is 231 Å². The van der Waals surface area contributed by atoms with E-state index in [1.54, 1.807) is 6.92 Å². The Morgan fingerprint density at radius 1 is 1.26 bits per heavy atom. The molecule has 1 aromatic heterocycles. The average Bonchev–Trinajstić information content (AvgIpc) is 3.40. The second kappa shape index (κ2) is 12.8. The first-order valence-electron chi connectivity index (χ1n) is 12.6. The van der Waals surface area contributed by atoms with E-state index in [1.165, 1.54) is 0 Å². The lowest BCUT2D eigenvalue weighted by Gasteiger charge is -2.34. The van der Waals surface area contributed by atoms with Crippen LogP contribution in [0.25, 0.3) is 0 Å². The number of aryl methyl sites for hydroxylation is 1. The second-order valence-corrected chi connectivity index (χ2v) is 11.8. The van der Waals surface area contributed by atoms with Crippen molar-refractivity contribution in [3.8, 4) is 5.75 Å². The largest absolute Gasteiger partial charge is 0.494 e. The zero-order valence-corrected chi connectivity index (χ0v) is 22.9. The van der Waals surface area contributed by atoms with Crippen LogP contribution in [0.5, 0.6) is 5.75 Å². The summed E-state index contributed by atoms with van der Waals surface area (Å²) in [5.41, 5.74) is 3.21. The first-order chi connectivity index (χ1) is 18.7. The zero-order valence-electron chi connectivity index (χ0n) is 21.4. The number of halogens is 3. The van der Waals surface area contributed by atoms with Gasteiger partial charge in [0.05, 0.1) is 25.2 Å². The van der Waals surface area contributed by atoms with E-state index in [9.17, 15) is 22.0 Å². The minimum absolute atomic E-state index is 0.0630. The number of nitrogens with one attached hydrogen (secondary N) is 1. The van der Waals surface area contributed by atoms with E-state index in [4.69, 9.17) is 21.1 Å². The van der Waals surface area contributed by atoms with Gasteiger partial charge in [-0.3, -0.25) is 0 Å². The number of carbonyl (C=O) groups excluding carboxylic acids is 1. The first kappa shape index (κ1) is 28.8. The van der Waals surface area contributed by atoms with Crippen molar-refractivity contribution < 1.29 is 31.5 Å². The van der Waals surface area contributed by atoms with Crippen LogP contribution in [0.2, 0.25) is 5.02 Å². The Balaban J connectivity index is 1.46. The predicted molar refractivity (Wildman–Crippen MR) is 142 cm³/mol. The number of nitrogens with zero attached hydrogens (tertiary/aromatic N) is 2. The van der Waals surface area contributed by atoms with Gasteiger partial charge in [-0.25, -0.2) is 17.9 Å². The molecule has 0 fully saturated rings. The highest BCUT2D eigenvalue weighted by Gasteiger charge is 2.32. The molecular formula is C27H30ClF2N3O5S. The van der Waals surface area contributed by atoms with Gasteiger partial charge in [0.15, 0.2) is 9.84 Å². The van der Waals surface area contributed by atoms with Crippen LogP contribution in [0.3, 0.4) is 0 Å². The molecule has 0 saturated carbocycles. The molecule has 1 N–H and O–H groups in total. The van der Waals surface area contributed by atoms with Crippen molar-refractivity contribution >= 4 is 27.5 Å². The Kier molecular flexibility index (Phi) is 9.45. The summed E-state index contributed by atoms with van der Waals surface area (Å²) in [5.74, 6) is 0.243. The number of ether oxygens (including phenoxy) is 2. The number of alkyl halides is 2. The molecule has 0 spiro atoms. The molecule has 3 aromatic rings. The molecule has 39 heavy (non-hydrogen) atoms. The molecule has 1 heterocycles. The molecule has 12 heteroatoms. The van der Waals surface area contributed by atoms with E-state index >= 15 is 0 Å². The van der Waals surface area contributed by atoms with Crippen molar-refractivity contribution in [2.24, 2.45) is 0 Å². The van der Waals surface area contributed by atoms with Gasteiger partial charge in [-0.2, -0.15) is 13.9 Å². The second-order valence-electron chi connectivity index (χ2n) is 9.27. The van der Waals surface area contributed by atoms with Crippen LogP contribution >= 0.6 is 11.6 Å². The summed E-state index contributed by atoms with van der Waals surface area (Å²) < 4.78 is 61.7. The maximum Gasteiger partial charge on any atom is 0.407 e. The Bertz CT molecular complexity index is 1400. The average molecular weight is 582 g/mol. The van der Waals surface area contributed by atoms with Gasteiger partial charge in [0.25, 0.3) is 0 Å². The molecule has 4 rings (SSSR count). The van der Waals surface area contributed by atoms with Gasteiger partial charge in [-0.1, -0.05) is 29.8 Å². The number of amides is 1. The fourth-order valence-corrected chi connectivity index (χ4v) is 6.20. The van der Waals surface area contributed by atoms with Crippen molar-refractivity contribution in [1.29, 1.82) is 0 Å². The topological polar surface area (TPSA) is 99.5 Å². The summed E-state index contributed by atoms with van der Waals surface area (Å²) in [7, 11) is -3.77. The van der Waals surface area contributed by atoms with Crippen molar-refractivity contribution in [2.75, 3.05) is 19.0 Å². The number of rotatable bonds is 11. The normalized spacial score (nSPS) is 17.1. The molecule has 8 nitrogen and oxygen atoms in total. The highest BCUT2D eigenvalue weighted by Crippen LogP contribution is 2.37. The quantitative estimate of drug-likeness (QED) is 0.298. The van der Waals surface area contributed by atoms with Crippen molar-refractivity contribution in [1.82, 2.24) is 15.1 Å². The molecule has 0 aliphatic heterocycles. The van der Waals surface area contributed by atoms with Gasteiger partial charge in [-0.15, -0.1) is 0 Å². The van der Waals surface area contributed by atoms with Crippen LogP contribution in [-0.4, -0.2) is 49.3 Å². The highest BCUT2D eigenvalue weighted by molar-refractivity contribution is 7.91. The van der Waals surface area contributed by atoms with E-state index in [0.717, 1.165) is 41.9 Å². The van der Waals surface area contributed by atoms with E-state index in [2.05, 4.69) is 10.4 Å². The van der Waals surface area contributed by atoms with Crippen molar-refractivity contribution in [2.45, 2.75) is 56.0 Å². The summed E-state index contributed by atoms with van der Waals surface area (Å²) in [4.78, 5) is 12.0. The van der Waals surface area contributed by atoms with E-state index in [-0.39, 0.29) is 42.2 Å². The third-order valence-electron chi connectivity index (χ3n) is 6.61. The molecule has 2 aromatic carbocycles. The van der Waals surface area contributed by atoms with Crippen LogP contribution in [0, 0.1) is 0 Å². The van der Waals surface area contributed by atoms with E-state index in [1.807, 2.05) is 42.5 Å². The third kappa shape index (κ3) is 7.48. The number of sulfone groups is 1. The minimum atomic E-state index is -3.77. The molecule has 1 aliphatic carbocycles. The summed E-state index contributed by atoms with van der Waals surface area (Å²) >= 11 is 6.22. The number of carbonyl (C=O) groups is 1. The molecule has 210 valence electrons. The number of benzene rings is 2. The predicted octanol–water partition coefficient (Wildman–Crippen LogP) is 5.56. The molecule has 1 aliphatic rings. The van der Waals surface area contributed by atoms with Crippen molar-refractivity contribution in [3.63, 3.8) is 0 Å². The molecule has 0 saturated heterocycles. The van der Waals surface area contributed by atoms with Gasteiger partial charge < -0.3 is 14.8 Å². The lowest BCUT2D eigenvalue weighted by atomic mass is 9.76. The maximum atomic E-state index is 12.7.